The summed E-state index contributed by atoms with van der Waals surface area (Å²) in [5.74, 6) is -1.68. The maximum absolute atomic E-state index is 11.8. The van der Waals surface area contributed by atoms with Gasteiger partial charge in [-0.1, -0.05) is 12.1 Å². The third-order valence-electron chi connectivity index (χ3n) is 2.69. The van der Waals surface area contributed by atoms with Crippen molar-refractivity contribution in [1.82, 2.24) is 0 Å². The zero-order valence-electron chi connectivity index (χ0n) is 10.9. The van der Waals surface area contributed by atoms with E-state index in [1.54, 1.807) is 19.1 Å². The number of amides is 1. The Balaban J connectivity index is 3.27. The van der Waals surface area contributed by atoms with E-state index in [1.807, 2.05) is 0 Å². The monoisotopic (exact) mass is 267 g/mol. The van der Waals surface area contributed by atoms with Gasteiger partial charge in [0.2, 0.25) is 0 Å². The highest BCUT2D eigenvalue weighted by Crippen LogP contribution is 2.25. The molecule has 0 aliphatic heterocycles. The Morgan fingerprint density at radius 3 is 2.58 bits per heavy atom. The SMILES string of the molecule is COCCN(C(=O)CO)c1c(C)cccc1C(=O)O. The van der Waals surface area contributed by atoms with Crippen LogP contribution in [-0.4, -0.2) is 49.0 Å². The highest BCUT2D eigenvalue weighted by atomic mass is 16.5. The summed E-state index contributed by atoms with van der Waals surface area (Å²) < 4.78 is 4.91. The van der Waals surface area contributed by atoms with Crippen molar-refractivity contribution < 1.29 is 24.5 Å². The molecule has 0 heterocycles. The molecule has 19 heavy (non-hydrogen) atoms. The van der Waals surface area contributed by atoms with Crippen LogP contribution in [0.3, 0.4) is 0 Å². The molecule has 1 aromatic carbocycles. The van der Waals surface area contributed by atoms with Crippen molar-refractivity contribution in [1.29, 1.82) is 0 Å². The lowest BCUT2D eigenvalue weighted by Gasteiger charge is -2.25. The molecule has 1 rings (SSSR count). The molecule has 6 heteroatoms. The van der Waals surface area contributed by atoms with Gasteiger partial charge in [-0.2, -0.15) is 0 Å². The molecule has 0 saturated carbocycles. The minimum Gasteiger partial charge on any atom is -0.478 e. The lowest BCUT2D eigenvalue weighted by Crippen LogP contribution is -2.37. The summed E-state index contributed by atoms with van der Waals surface area (Å²) in [6.45, 7) is 1.46. The van der Waals surface area contributed by atoms with Crippen LogP contribution in [0.5, 0.6) is 0 Å². The largest absolute Gasteiger partial charge is 0.478 e. The zero-order chi connectivity index (χ0) is 14.4. The molecular formula is C13H17NO5. The number of aliphatic hydroxyl groups is 1. The Morgan fingerprint density at radius 1 is 1.37 bits per heavy atom. The van der Waals surface area contributed by atoms with E-state index < -0.39 is 18.5 Å². The van der Waals surface area contributed by atoms with Gasteiger partial charge in [-0.15, -0.1) is 0 Å². The first kappa shape index (κ1) is 15.1. The maximum Gasteiger partial charge on any atom is 0.337 e. The predicted molar refractivity (Wildman–Crippen MR) is 69.5 cm³/mol. The fourth-order valence-electron chi connectivity index (χ4n) is 1.82. The van der Waals surface area contributed by atoms with Crippen molar-refractivity contribution in [2.24, 2.45) is 0 Å². The third kappa shape index (κ3) is 3.52. The quantitative estimate of drug-likeness (QED) is 0.790. The molecule has 0 bridgehead atoms. The highest BCUT2D eigenvalue weighted by molar-refractivity contribution is 6.03. The molecule has 0 atom stereocenters. The van der Waals surface area contributed by atoms with Gasteiger partial charge in [0.05, 0.1) is 17.9 Å². The third-order valence-corrected chi connectivity index (χ3v) is 2.69. The lowest BCUT2D eigenvalue weighted by atomic mass is 10.1. The summed E-state index contributed by atoms with van der Waals surface area (Å²) in [6, 6.07) is 4.75. The molecule has 0 unspecified atom stereocenters. The van der Waals surface area contributed by atoms with Crippen LogP contribution in [-0.2, 0) is 9.53 Å². The molecule has 1 amide bonds. The molecule has 104 valence electrons. The number of carboxylic acids is 1. The van der Waals surface area contributed by atoms with Crippen molar-refractivity contribution in [3.05, 3.63) is 29.3 Å². The van der Waals surface area contributed by atoms with E-state index in [0.29, 0.717) is 11.3 Å². The van der Waals surface area contributed by atoms with Gasteiger partial charge in [0, 0.05) is 13.7 Å². The number of para-hydroxylation sites is 1. The molecule has 0 fully saturated rings. The maximum atomic E-state index is 11.8. The van der Waals surface area contributed by atoms with Gasteiger partial charge in [-0.05, 0) is 18.6 Å². The van der Waals surface area contributed by atoms with Crippen LogP contribution in [0.1, 0.15) is 15.9 Å². The summed E-state index contributed by atoms with van der Waals surface area (Å²) in [4.78, 5) is 24.2. The molecule has 6 nitrogen and oxygen atoms in total. The standard InChI is InChI=1S/C13H17NO5/c1-9-4-3-5-10(13(17)18)12(9)14(6-7-19-2)11(16)8-15/h3-5,15H,6-8H2,1-2H3,(H,17,18). The number of benzene rings is 1. The molecule has 1 aromatic rings. The summed E-state index contributed by atoms with van der Waals surface area (Å²) >= 11 is 0. The topological polar surface area (TPSA) is 87.1 Å². The number of aromatic carboxylic acids is 1. The van der Waals surface area contributed by atoms with Crippen LogP contribution in [0.25, 0.3) is 0 Å². The number of carboxylic acid groups (broad SMARTS) is 1. The van der Waals surface area contributed by atoms with Gasteiger partial charge in [-0.25, -0.2) is 4.79 Å². The first-order valence-electron chi connectivity index (χ1n) is 5.76. The van der Waals surface area contributed by atoms with Crippen molar-refractivity contribution >= 4 is 17.6 Å². The number of anilines is 1. The molecule has 2 N–H and O–H groups in total. The van der Waals surface area contributed by atoms with E-state index >= 15 is 0 Å². The number of nitrogens with zero attached hydrogens (tertiary/aromatic N) is 1. The summed E-state index contributed by atoms with van der Waals surface area (Å²) in [6.07, 6.45) is 0. The fourth-order valence-corrected chi connectivity index (χ4v) is 1.82. The van der Waals surface area contributed by atoms with Crippen molar-refractivity contribution in [2.75, 3.05) is 31.8 Å². The van der Waals surface area contributed by atoms with Gasteiger partial charge in [0.25, 0.3) is 5.91 Å². The second kappa shape index (κ2) is 6.86. The molecule has 0 saturated heterocycles. The minimum atomic E-state index is -1.12. The number of carbonyl (C=O) groups excluding carboxylic acids is 1. The van der Waals surface area contributed by atoms with Crippen LogP contribution in [0, 0.1) is 6.92 Å². The predicted octanol–water partition coefficient (Wildman–Crippen LogP) is 0.665. The van der Waals surface area contributed by atoms with Gasteiger partial charge in [-0.3, -0.25) is 4.79 Å². The van der Waals surface area contributed by atoms with Gasteiger partial charge >= 0.3 is 5.97 Å². The van der Waals surface area contributed by atoms with Crippen LogP contribution in [0.15, 0.2) is 18.2 Å². The number of carbonyl (C=O) groups is 2. The van der Waals surface area contributed by atoms with E-state index in [2.05, 4.69) is 0 Å². The first-order chi connectivity index (χ1) is 9.02. The van der Waals surface area contributed by atoms with E-state index in [9.17, 15) is 14.7 Å². The van der Waals surface area contributed by atoms with Crippen LogP contribution < -0.4 is 4.90 Å². The highest BCUT2D eigenvalue weighted by Gasteiger charge is 2.22. The van der Waals surface area contributed by atoms with Crippen LogP contribution >= 0.6 is 0 Å². The molecular weight excluding hydrogens is 250 g/mol. The lowest BCUT2D eigenvalue weighted by molar-refractivity contribution is -0.121. The van der Waals surface area contributed by atoms with Gasteiger partial charge in [0.15, 0.2) is 0 Å². The number of ether oxygens (including phenoxy) is 1. The summed E-state index contributed by atoms with van der Waals surface area (Å²) in [7, 11) is 1.48. The van der Waals surface area contributed by atoms with Crippen LogP contribution in [0.2, 0.25) is 0 Å². The summed E-state index contributed by atoms with van der Waals surface area (Å²) in [5.41, 5.74) is 0.974. The number of aliphatic hydroxyl groups excluding tert-OH is 1. The van der Waals surface area contributed by atoms with Crippen LogP contribution in [0.4, 0.5) is 5.69 Å². The van der Waals surface area contributed by atoms with Gasteiger partial charge in [0.1, 0.15) is 6.61 Å². The molecule has 0 radical (unpaired) electrons. The number of methoxy groups -OCH3 is 1. The zero-order valence-corrected chi connectivity index (χ0v) is 10.9. The second-order valence-electron chi connectivity index (χ2n) is 3.97. The Morgan fingerprint density at radius 2 is 2.05 bits per heavy atom. The Labute approximate surface area is 111 Å². The number of aryl methyl sites for hydroxylation is 1. The number of hydrogen-bond donors (Lipinski definition) is 2. The van der Waals surface area contributed by atoms with E-state index in [4.69, 9.17) is 9.84 Å². The Kier molecular flexibility index (Phi) is 5.47. The smallest absolute Gasteiger partial charge is 0.337 e. The first-order valence-corrected chi connectivity index (χ1v) is 5.76. The van der Waals surface area contributed by atoms with Crippen molar-refractivity contribution in [2.45, 2.75) is 6.92 Å². The average molecular weight is 267 g/mol. The number of hydrogen-bond acceptors (Lipinski definition) is 4. The fraction of sp³-hybridized carbons (Fsp3) is 0.385. The number of rotatable bonds is 6. The van der Waals surface area contributed by atoms with Gasteiger partial charge < -0.3 is 19.8 Å². The van der Waals surface area contributed by atoms with E-state index in [1.165, 1.54) is 18.1 Å². The Bertz CT molecular complexity index is 472. The van der Waals surface area contributed by atoms with Crippen molar-refractivity contribution in [3.8, 4) is 0 Å². The summed E-state index contributed by atoms with van der Waals surface area (Å²) in [5, 5.41) is 18.2. The van der Waals surface area contributed by atoms with E-state index in [-0.39, 0.29) is 18.7 Å². The van der Waals surface area contributed by atoms with E-state index in [0.717, 1.165) is 0 Å². The minimum absolute atomic E-state index is 0.0258. The Hall–Kier alpha value is -1.92. The molecule has 0 aliphatic rings. The molecule has 0 aliphatic carbocycles. The average Bonchev–Trinajstić information content (AvgIpc) is 2.39. The van der Waals surface area contributed by atoms with Crippen molar-refractivity contribution in [3.63, 3.8) is 0 Å². The molecule has 0 spiro atoms. The normalized spacial score (nSPS) is 10.3. The molecule has 0 aromatic heterocycles. The second-order valence-corrected chi connectivity index (χ2v) is 3.97.